The third kappa shape index (κ3) is 4.42. The number of amides is 1. The molecule has 1 aliphatic heterocycles. The molecule has 4 rings (SSSR count). The molecule has 3 aromatic rings. The van der Waals surface area contributed by atoms with Crippen molar-refractivity contribution < 1.29 is 4.79 Å². The average Bonchev–Trinajstić information content (AvgIpc) is 2.77. The molecule has 170 valence electrons. The standard InChI is InChI=1S/C28H34N2O.ClH/c1-6-26(24-13-12-21-10-8-9-11-22(21)18-24)29(5)27(7-2)30-15-14-23-16-19(3)20(4)17-25(23)28(30)31;/h8-13,16-18,26-27H,6-7,14-15H2,1-5H3;1H. The van der Waals surface area contributed by atoms with Gasteiger partial charge in [-0.15, -0.1) is 12.4 Å². The van der Waals surface area contributed by atoms with Crippen molar-refractivity contribution in [3.05, 3.63) is 82.4 Å². The minimum absolute atomic E-state index is 0. The molecule has 4 heteroatoms. The Balaban J connectivity index is 0.00000289. The normalized spacial score (nSPS) is 15.4. The van der Waals surface area contributed by atoms with Gasteiger partial charge in [-0.3, -0.25) is 9.69 Å². The maximum absolute atomic E-state index is 13.5. The fraction of sp³-hybridized carbons (Fsp3) is 0.393. The molecule has 0 N–H and O–H groups in total. The molecule has 32 heavy (non-hydrogen) atoms. The lowest BCUT2D eigenvalue weighted by molar-refractivity contribution is 0.0198. The van der Waals surface area contributed by atoms with Crippen molar-refractivity contribution in [2.75, 3.05) is 13.6 Å². The molecule has 1 amide bonds. The van der Waals surface area contributed by atoms with E-state index in [-0.39, 0.29) is 30.5 Å². The molecule has 0 bridgehead atoms. The Morgan fingerprint density at radius 2 is 1.62 bits per heavy atom. The van der Waals surface area contributed by atoms with Crippen LogP contribution in [0.3, 0.4) is 0 Å². The van der Waals surface area contributed by atoms with E-state index in [9.17, 15) is 4.79 Å². The molecule has 3 nitrogen and oxygen atoms in total. The van der Waals surface area contributed by atoms with E-state index in [0.29, 0.717) is 0 Å². The third-order valence-electron chi connectivity index (χ3n) is 7.06. The zero-order valence-corrected chi connectivity index (χ0v) is 20.7. The second-order valence-corrected chi connectivity index (χ2v) is 8.93. The molecule has 0 radical (unpaired) electrons. The number of benzene rings is 3. The molecule has 1 aliphatic rings. The first-order chi connectivity index (χ1) is 14.9. The first-order valence-corrected chi connectivity index (χ1v) is 11.6. The van der Waals surface area contributed by atoms with Crippen LogP contribution in [0.2, 0.25) is 0 Å². The lowest BCUT2D eigenvalue weighted by Crippen LogP contribution is -2.52. The summed E-state index contributed by atoms with van der Waals surface area (Å²) in [6.07, 6.45) is 2.92. The number of hydrogen-bond acceptors (Lipinski definition) is 2. The van der Waals surface area contributed by atoms with E-state index in [1.54, 1.807) is 0 Å². The Morgan fingerprint density at radius 3 is 2.31 bits per heavy atom. The zero-order valence-electron chi connectivity index (χ0n) is 19.9. The van der Waals surface area contributed by atoms with Gasteiger partial charge in [0.05, 0.1) is 6.17 Å². The maximum atomic E-state index is 13.5. The second-order valence-electron chi connectivity index (χ2n) is 8.93. The van der Waals surface area contributed by atoms with Gasteiger partial charge in [-0.2, -0.15) is 0 Å². The van der Waals surface area contributed by atoms with Crippen molar-refractivity contribution in [1.29, 1.82) is 0 Å². The van der Waals surface area contributed by atoms with Crippen LogP contribution in [0.1, 0.15) is 65.3 Å². The fourth-order valence-corrected chi connectivity index (χ4v) is 5.17. The molecule has 2 unspecified atom stereocenters. The van der Waals surface area contributed by atoms with E-state index >= 15 is 0 Å². The molecule has 0 saturated heterocycles. The monoisotopic (exact) mass is 450 g/mol. The van der Waals surface area contributed by atoms with E-state index in [4.69, 9.17) is 0 Å². The number of carbonyl (C=O) groups excluding carboxylic acids is 1. The lowest BCUT2D eigenvalue weighted by Gasteiger charge is -2.43. The van der Waals surface area contributed by atoms with Crippen molar-refractivity contribution in [1.82, 2.24) is 9.80 Å². The van der Waals surface area contributed by atoms with Crippen LogP contribution in [0.15, 0.2) is 54.6 Å². The molecular weight excluding hydrogens is 416 g/mol. The minimum Gasteiger partial charge on any atom is -0.323 e. The van der Waals surface area contributed by atoms with Gasteiger partial charge < -0.3 is 4.90 Å². The van der Waals surface area contributed by atoms with Crippen molar-refractivity contribution in [2.24, 2.45) is 0 Å². The van der Waals surface area contributed by atoms with Crippen molar-refractivity contribution in [3.63, 3.8) is 0 Å². The van der Waals surface area contributed by atoms with E-state index in [2.05, 4.69) is 99.1 Å². The smallest absolute Gasteiger partial charge is 0.255 e. The Hall–Kier alpha value is -2.36. The lowest BCUT2D eigenvalue weighted by atomic mass is 9.93. The van der Waals surface area contributed by atoms with Crippen LogP contribution in [0, 0.1) is 13.8 Å². The highest BCUT2D eigenvalue weighted by molar-refractivity contribution is 5.97. The first kappa shape index (κ1) is 24.3. The third-order valence-corrected chi connectivity index (χ3v) is 7.06. The summed E-state index contributed by atoms with van der Waals surface area (Å²) in [6.45, 7) is 9.44. The molecule has 2 atom stereocenters. The van der Waals surface area contributed by atoms with Gasteiger partial charge in [0, 0.05) is 18.2 Å². The number of fused-ring (bicyclic) bond motifs is 2. The number of carbonyl (C=O) groups is 1. The highest BCUT2D eigenvalue weighted by Gasteiger charge is 2.34. The van der Waals surface area contributed by atoms with Gasteiger partial charge >= 0.3 is 0 Å². The highest BCUT2D eigenvalue weighted by atomic mass is 35.5. The summed E-state index contributed by atoms with van der Waals surface area (Å²) < 4.78 is 0. The van der Waals surface area contributed by atoms with E-state index in [1.807, 2.05) is 0 Å². The van der Waals surface area contributed by atoms with E-state index < -0.39 is 0 Å². The summed E-state index contributed by atoms with van der Waals surface area (Å²) >= 11 is 0. The highest BCUT2D eigenvalue weighted by Crippen LogP contribution is 2.32. The largest absolute Gasteiger partial charge is 0.323 e. The van der Waals surface area contributed by atoms with Crippen LogP contribution in [0.5, 0.6) is 0 Å². The number of nitrogens with zero attached hydrogens (tertiary/aromatic N) is 2. The summed E-state index contributed by atoms with van der Waals surface area (Å²) in [5.74, 6) is 0.177. The van der Waals surface area contributed by atoms with Gasteiger partial charge in [-0.25, -0.2) is 0 Å². The van der Waals surface area contributed by atoms with Crippen LogP contribution in [0.4, 0.5) is 0 Å². The molecule has 0 aliphatic carbocycles. The van der Waals surface area contributed by atoms with Gasteiger partial charge in [0.2, 0.25) is 0 Å². The second kappa shape index (κ2) is 10.1. The Morgan fingerprint density at radius 1 is 0.938 bits per heavy atom. The van der Waals surface area contributed by atoms with Crippen molar-refractivity contribution in [3.8, 4) is 0 Å². The molecule has 0 fully saturated rings. The summed E-state index contributed by atoms with van der Waals surface area (Å²) in [5.41, 5.74) is 5.87. The Kier molecular flexibility index (Phi) is 7.63. The molecule has 0 saturated carbocycles. The van der Waals surface area contributed by atoms with Crippen LogP contribution >= 0.6 is 12.4 Å². The van der Waals surface area contributed by atoms with Gasteiger partial charge in [0.25, 0.3) is 5.91 Å². The van der Waals surface area contributed by atoms with Crippen LogP contribution in [-0.4, -0.2) is 35.5 Å². The maximum Gasteiger partial charge on any atom is 0.255 e. The predicted octanol–water partition coefficient (Wildman–Crippen LogP) is 6.70. The molecule has 0 spiro atoms. The van der Waals surface area contributed by atoms with Gasteiger partial charge in [0.15, 0.2) is 0 Å². The zero-order chi connectivity index (χ0) is 22.1. The molecular formula is C28H35ClN2O. The number of halogens is 1. The average molecular weight is 451 g/mol. The van der Waals surface area contributed by atoms with Crippen molar-refractivity contribution in [2.45, 2.75) is 59.2 Å². The summed E-state index contributed by atoms with van der Waals surface area (Å²) in [4.78, 5) is 18.0. The number of hydrogen-bond donors (Lipinski definition) is 0. The van der Waals surface area contributed by atoms with Crippen LogP contribution in [-0.2, 0) is 6.42 Å². The van der Waals surface area contributed by atoms with Crippen molar-refractivity contribution >= 4 is 29.1 Å². The summed E-state index contributed by atoms with van der Waals surface area (Å²) in [7, 11) is 2.18. The SMILES string of the molecule is CCC(c1ccc2ccccc2c1)N(C)C(CC)N1CCc2cc(C)c(C)cc2C1=O.Cl. The molecule has 0 aromatic heterocycles. The molecule has 3 aromatic carbocycles. The van der Waals surface area contributed by atoms with Gasteiger partial charge in [-0.1, -0.05) is 56.3 Å². The Labute approximate surface area is 198 Å². The summed E-state index contributed by atoms with van der Waals surface area (Å²) in [6, 6.07) is 19.9. The number of rotatable bonds is 6. The van der Waals surface area contributed by atoms with Gasteiger partial charge in [-0.05, 0) is 85.3 Å². The quantitative estimate of drug-likeness (QED) is 0.417. The summed E-state index contributed by atoms with van der Waals surface area (Å²) in [5, 5.41) is 2.54. The minimum atomic E-state index is 0. The van der Waals surface area contributed by atoms with Gasteiger partial charge in [0.1, 0.15) is 0 Å². The van der Waals surface area contributed by atoms with E-state index in [1.165, 1.54) is 33.0 Å². The van der Waals surface area contributed by atoms with E-state index in [0.717, 1.165) is 31.4 Å². The Bertz CT molecular complexity index is 1110. The molecule has 1 heterocycles. The number of aryl methyl sites for hydroxylation is 2. The van der Waals surface area contributed by atoms with Crippen LogP contribution in [0.25, 0.3) is 10.8 Å². The van der Waals surface area contributed by atoms with Crippen LogP contribution < -0.4 is 0 Å². The topological polar surface area (TPSA) is 23.6 Å². The predicted molar refractivity (Wildman–Crippen MR) is 137 cm³/mol. The first-order valence-electron chi connectivity index (χ1n) is 11.6. The fourth-order valence-electron chi connectivity index (χ4n) is 5.17.